The molecule has 4 nitrogen and oxygen atoms in total. The Kier molecular flexibility index (Phi) is 9.84. The van der Waals surface area contributed by atoms with Gasteiger partial charge in [0.05, 0.1) is 5.58 Å². The van der Waals surface area contributed by atoms with Gasteiger partial charge >= 0.3 is 0 Å². The average molecular weight is 772 g/mol. The smallest absolute Gasteiger partial charge is 0.216 e. The van der Waals surface area contributed by atoms with E-state index in [1.807, 2.05) is 91.1 Å². The van der Waals surface area contributed by atoms with Crippen LogP contribution in [-0.2, 0) is 32.9 Å². The number of nitrogens with zero attached hydrogens (tertiary/aromatic N) is 3. The summed E-state index contributed by atoms with van der Waals surface area (Å²) >= 11 is 0. The molecule has 0 unspecified atom stereocenters. The van der Waals surface area contributed by atoms with Gasteiger partial charge < -0.3 is 14.4 Å². The second kappa shape index (κ2) is 14.7. The fourth-order valence-corrected chi connectivity index (χ4v) is 5.36. The maximum absolute atomic E-state index is 6.29. The van der Waals surface area contributed by atoms with Crippen LogP contribution in [0.5, 0.6) is 0 Å². The Balaban J connectivity index is 0.000000241. The third kappa shape index (κ3) is 7.02. The first-order valence-electron chi connectivity index (χ1n) is 15.0. The monoisotopic (exact) mass is 772 g/mol. The largest absolute Gasteiger partial charge is 0.486 e. The van der Waals surface area contributed by atoms with Crippen LogP contribution in [0.15, 0.2) is 156 Å². The first-order valence-corrected chi connectivity index (χ1v) is 15.0. The van der Waals surface area contributed by atoms with Gasteiger partial charge in [0.15, 0.2) is 0 Å². The number of hydrogen-bond donors (Lipinski definition) is 0. The van der Waals surface area contributed by atoms with Gasteiger partial charge in [0.2, 0.25) is 5.71 Å². The van der Waals surface area contributed by atoms with Crippen LogP contribution in [0.25, 0.3) is 55.7 Å². The third-order valence-electron chi connectivity index (χ3n) is 7.64. The van der Waals surface area contributed by atoms with Crippen molar-refractivity contribution >= 4 is 22.1 Å². The van der Waals surface area contributed by atoms with E-state index in [0.29, 0.717) is 5.71 Å². The van der Waals surface area contributed by atoms with E-state index < -0.39 is 0 Å². The molecule has 0 atom stereocenters. The molecule has 0 fully saturated rings. The molecule has 0 amide bonds. The van der Waals surface area contributed by atoms with Crippen LogP contribution in [0.4, 0.5) is 0 Å². The standard InChI is InChI=1S/C30H21N2O.C11H8N.Ir/c1-3-8-21(9-4-1)14-15-24-16-17-26-25-12-7-13-27(29(25)33-30(26)32-24)28-20-23(18-19-31-28)22-10-5-2-6-11-22;1-2-6-10(7-3-1)11-8-4-5-9-12-11;/h1-12,16-20H,14-15H2;1-6,8-9H;/q2*-1;. The Morgan fingerprint density at radius 1 is 0.565 bits per heavy atom. The van der Waals surface area contributed by atoms with E-state index in [9.17, 15) is 0 Å². The van der Waals surface area contributed by atoms with E-state index in [1.165, 1.54) is 5.56 Å². The van der Waals surface area contributed by atoms with E-state index in [2.05, 4.69) is 76.7 Å². The maximum atomic E-state index is 6.29. The molecule has 0 spiro atoms. The van der Waals surface area contributed by atoms with Gasteiger partial charge in [-0.25, -0.2) is 4.98 Å². The zero-order valence-electron chi connectivity index (χ0n) is 24.9. The van der Waals surface area contributed by atoms with Crippen LogP contribution in [0, 0.1) is 12.1 Å². The summed E-state index contributed by atoms with van der Waals surface area (Å²) in [6.07, 6.45) is 5.45. The van der Waals surface area contributed by atoms with Crippen LogP contribution in [0.3, 0.4) is 0 Å². The molecule has 225 valence electrons. The van der Waals surface area contributed by atoms with Crippen LogP contribution in [0.2, 0.25) is 0 Å². The zero-order valence-corrected chi connectivity index (χ0v) is 27.3. The van der Waals surface area contributed by atoms with Gasteiger partial charge in [0.1, 0.15) is 0 Å². The number of aromatic nitrogens is 3. The summed E-state index contributed by atoms with van der Waals surface area (Å²) in [4.78, 5) is 13.7. The first-order chi connectivity index (χ1) is 22.3. The molecule has 4 aromatic heterocycles. The SMILES string of the molecule is [Ir].[c-]1ccc2c(oc3nc(CCc4ccccc4)ccc32)c1-c1cc(-c2ccccc2)ccn1.[c-]1ccccc1-c1ccccn1. The topological polar surface area (TPSA) is 51.8 Å². The van der Waals surface area contributed by atoms with Crippen molar-refractivity contribution in [3.63, 3.8) is 0 Å². The van der Waals surface area contributed by atoms with Gasteiger partial charge in [-0.2, -0.15) is 0 Å². The minimum atomic E-state index is 0. The minimum Gasteiger partial charge on any atom is -0.486 e. The molecule has 0 aliphatic heterocycles. The molecule has 8 aromatic rings. The van der Waals surface area contributed by atoms with Crippen LogP contribution < -0.4 is 0 Å². The van der Waals surface area contributed by atoms with E-state index in [1.54, 1.807) is 6.20 Å². The molecule has 0 bridgehead atoms. The number of hydrogen-bond acceptors (Lipinski definition) is 4. The summed E-state index contributed by atoms with van der Waals surface area (Å²) in [5.74, 6) is 0. The summed E-state index contributed by atoms with van der Waals surface area (Å²) in [5, 5.41) is 2.05. The Bertz CT molecular complexity index is 2110. The summed E-state index contributed by atoms with van der Waals surface area (Å²) in [6, 6.07) is 53.3. The molecule has 0 aliphatic carbocycles. The fraction of sp³-hybridized carbons (Fsp3) is 0.0488. The summed E-state index contributed by atoms with van der Waals surface area (Å²) < 4.78 is 6.29. The van der Waals surface area contributed by atoms with Crippen molar-refractivity contribution in [2.24, 2.45) is 0 Å². The van der Waals surface area contributed by atoms with Gasteiger partial charge in [-0.15, -0.1) is 54.1 Å². The summed E-state index contributed by atoms with van der Waals surface area (Å²) in [5.41, 5.74) is 9.75. The van der Waals surface area contributed by atoms with E-state index in [-0.39, 0.29) is 20.1 Å². The number of fused-ring (bicyclic) bond motifs is 3. The Morgan fingerprint density at radius 2 is 1.35 bits per heavy atom. The van der Waals surface area contributed by atoms with E-state index in [0.717, 1.165) is 68.5 Å². The molecular formula is C41H29IrN3O-2. The maximum Gasteiger partial charge on any atom is 0.216 e. The average Bonchev–Trinajstić information content (AvgIpc) is 3.51. The zero-order chi connectivity index (χ0) is 30.3. The Morgan fingerprint density at radius 3 is 2.13 bits per heavy atom. The van der Waals surface area contributed by atoms with Crippen LogP contribution >= 0.6 is 0 Å². The van der Waals surface area contributed by atoms with Gasteiger partial charge in [0.25, 0.3) is 0 Å². The number of pyridine rings is 3. The molecule has 0 aliphatic rings. The molecule has 0 saturated carbocycles. The van der Waals surface area contributed by atoms with Crippen molar-refractivity contribution < 1.29 is 24.5 Å². The molecule has 4 heterocycles. The van der Waals surface area contributed by atoms with Crippen molar-refractivity contribution in [1.29, 1.82) is 0 Å². The minimum absolute atomic E-state index is 0. The predicted molar refractivity (Wildman–Crippen MR) is 181 cm³/mol. The third-order valence-corrected chi connectivity index (χ3v) is 7.64. The van der Waals surface area contributed by atoms with Crippen LogP contribution in [-0.4, -0.2) is 15.0 Å². The number of benzene rings is 4. The molecule has 4 aromatic carbocycles. The first kappa shape index (κ1) is 30.8. The molecule has 1 radical (unpaired) electrons. The molecule has 8 rings (SSSR count). The van der Waals surface area contributed by atoms with Crippen molar-refractivity contribution in [3.8, 4) is 33.6 Å². The molecule has 46 heavy (non-hydrogen) atoms. The second-order valence-corrected chi connectivity index (χ2v) is 10.6. The second-order valence-electron chi connectivity index (χ2n) is 10.6. The van der Waals surface area contributed by atoms with Crippen LogP contribution in [0.1, 0.15) is 11.3 Å². The normalized spacial score (nSPS) is 10.6. The summed E-state index contributed by atoms with van der Waals surface area (Å²) in [7, 11) is 0. The van der Waals surface area contributed by atoms with Gasteiger partial charge in [-0.1, -0.05) is 89.8 Å². The Hall–Kier alpha value is -5.22. The molecule has 0 N–H and O–H groups in total. The number of rotatable bonds is 6. The van der Waals surface area contributed by atoms with Crippen molar-refractivity contribution in [1.82, 2.24) is 15.0 Å². The molecule has 5 heteroatoms. The number of furan rings is 1. The summed E-state index contributed by atoms with van der Waals surface area (Å²) in [6.45, 7) is 0. The van der Waals surface area contributed by atoms with E-state index >= 15 is 0 Å². The van der Waals surface area contributed by atoms with Crippen molar-refractivity contribution in [3.05, 3.63) is 175 Å². The van der Waals surface area contributed by atoms with Gasteiger partial charge in [-0.3, -0.25) is 0 Å². The fourth-order valence-electron chi connectivity index (χ4n) is 5.36. The van der Waals surface area contributed by atoms with Gasteiger partial charge in [0, 0.05) is 43.6 Å². The van der Waals surface area contributed by atoms with Gasteiger partial charge in [-0.05, 0) is 65.2 Å². The number of aryl methyl sites for hydroxylation is 2. The van der Waals surface area contributed by atoms with E-state index in [4.69, 9.17) is 9.40 Å². The van der Waals surface area contributed by atoms with Crippen molar-refractivity contribution in [2.45, 2.75) is 12.8 Å². The Labute approximate surface area is 282 Å². The molecule has 0 saturated heterocycles. The molecular weight excluding hydrogens is 743 g/mol. The predicted octanol–water partition coefficient (Wildman–Crippen LogP) is 9.84. The van der Waals surface area contributed by atoms with Crippen molar-refractivity contribution in [2.75, 3.05) is 0 Å². The quantitative estimate of drug-likeness (QED) is 0.158.